The number of nitrogens with zero attached hydrogens (tertiary/aromatic N) is 1. The maximum atomic E-state index is 11.4. The van der Waals surface area contributed by atoms with Crippen molar-refractivity contribution in [1.82, 2.24) is 5.06 Å². The van der Waals surface area contributed by atoms with Crippen molar-refractivity contribution < 1.29 is 14.7 Å². The summed E-state index contributed by atoms with van der Waals surface area (Å²) in [7, 11) is 0. The highest BCUT2D eigenvalue weighted by Crippen LogP contribution is 2.20. The minimum absolute atomic E-state index is 0.117. The van der Waals surface area contributed by atoms with E-state index in [1.807, 2.05) is 42.5 Å². The Kier molecular flexibility index (Phi) is 4.58. The molecule has 0 bridgehead atoms. The molecule has 105 valence electrons. The minimum atomic E-state index is -0.472. The third kappa shape index (κ3) is 3.48. The predicted molar refractivity (Wildman–Crippen MR) is 77.5 cm³/mol. The predicted octanol–water partition coefficient (Wildman–Crippen LogP) is 2.91. The number of carbonyl (C=O) groups excluding carboxylic acids is 1. The van der Waals surface area contributed by atoms with Gasteiger partial charge in [-0.2, -0.15) is 0 Å². The molecule has 0 fully saturated rings. The standard InChI is InChI=1S/C16H18NO3/c1-12(2)16(18)17(19)9-10-20-15-8-7-13-5-3-4-6-14(13)11-15/h3-8,11-12,19H,1,9-10H2,2H3. The van der Waals surface area contributed by atoms with Crippen molar-refractivity contribution in [1.29, 1.82) is 0 Å². The van der Waals surface area contributed by atoms with Gasteiger partial charge in [-0.15, -0.1) is 0 Å². The van der Waals surface area contributed by atoms with Gasteiger partial charge in [0, 0.05) is 5.92 Å². The van der Waals surface area contributed by atoms with Crippen molar-refractivity contribution in [3.8, 4) is 5.75 Å². The molecule has 0 aromatic heterocycles. The second-order valence-electron chi connectivity index (χ2n) is 4.72. The van der Waals surface area contributed by atoms with E-state index in [-0.39, 0.29) is 13.2 Å². The molecule has 1 amide bonds. The molecule has 1 unspecified atom stereocenters. The number of amides is 1. The van der Waals surface area contributed by atoms with Crippen LogP contribution in [-0.4, -0.2) is 29.3 Å². The first-order chi connectivity index (χ1) is 9.58. The number of carbonyl (C=O) groups is 1. The first kappa shape index (κ1) is 14.3. The van der Waals surface area contributed by atoms with Crippen LogP contribution >= 0.6 is 0 Å². The SMILES string of the molecule is [CH2]C(C)C(=O)N(O)CCOc1ccc2ccccc2c1. The first-order valence-corrected chi connectivity index (χ1v) is 6.53. The van der Waals surface area contributed by atoms with Crippen LogP contribution in [0.4, 0.5) is 0 Å². The van der Waals surface area contributed by atoms with E-state index >= 15 is 0 Å². The maximum absolute atomic E-state index is 11.4. The molecular formula is C16H18NO3. The second-order valence-corrected chi connectivity index (χ2v) is 4.72. The Hall–Kier alpha value is -2.07. The van der Waals surface area contributed by atoms with Gasteiger partial charge in [-0.05, 0) is 29.8 Å². The van der Waals surface area contributed by atoms with Gasteiger partial charge in [0.1, 0.15) is 12.4 Å². The fraction of sp³-hybridized carbons (Fsp3) is 0.250. The molecule has 2 rings (SSSR count). The number of hydrogen-bond donors (Lipinski definition) is 1. The van der Waals surface area contributed by atoms with Gasteiger partial charge in [-0.25, -0.2) is 5.06 Å². The highest BCUT2D eigenvalue weighted by molar-refractivity contribution is 5.83. The van der Waals surface area contributed by atoms with Crippen LogP contribution in [0.25, 0.3) is 10.8 Å². The van der Waals surface area contributed by atoms with Gasteiger partial charge in [0.05, 0.1) is 6.54 Å². The van der Waals surface area contributed by atoms with Crippen molar-refractivity contribution in [2.45, 2.75) is 6.92 Å². The van der Waals surface area contributed by atoms with Crippen LogP contribution in [0.1, 0.15) is 6.92 Å². The number of fused-ring (bicyclic) bond motifs is 1. The zero-order valence-electron chi connectivity index (χ0n) is 11.5. The Morgan fingerprint density at radius 3 is 2.70 bits per heavy atom. The molecule has 0 spiro atoms. The number of hydroxylamine groups is 2. The van der Waals surface area contributed by atoms with Gasteiger partial charge in [-0.1, -0.05) is 37.3 Å². The largest absolute Gasteiger partial charge is 0.492 e. The summed E-state index contributed by atoms with van der Waals surface area (Å²) in [5, 5.41) is 12.4. The van der Waals surface area contributed by atoms with Crippen molar-refractivity contribution in [2.75, 3.05) is 13.2 Å². The average molecular weight is 272 g/mol. The number of hydrogen-bond acceptors (Lipinski definition) is 3. The smallest absolute Gasteiger partial charge is 0.248 e. The Labute approximate surface area is 118 Å². The maximum Gasteiger partial charge on any atom is 0.248 e. The molecule has 1 radical (unpaired) electrons. The van der Waals surface area contributed by atoms with Gasteiger partial charge >= 0.3 is 0 Å². The molecule has 0 saturated carbocycles. The molecule has 1 N–H and O–H groups in total. The number of benzene rings is 2. The van der Waals surface area contributed by atoms with Crippen LogP contribution in [0.2, 0.25) is 0 Å². The number of ether oxygens (including phenoxy) is 1. The van der Waals surface area contributed by atoms with Gasteiger partial charge in [0.2, 0.25) is 5.91 Å². The summed E-state index contributed by atoms with van der Waals surface area (Å²) >= 11 is 0. The van der Waals surface area contributed by atoms with E-state index in [4.69, 9.17) is 4.74 Å². The molecule has 0 saturated heterocycles. The molecule has 4 nitrogen and oxygen atoms in total. The molecule has 0 heterocycles. The van der Waals surface area contributed by atoms with Crippen molar-refractivity contribution in [2.24, 2.45) is 5.92 Å². The molecule has 4 heteroatoms. The summed E-state index contributed by atoms with van der Waals surface area (Å²) in [6, 6.07) is 13.8. The molecule has 0 aliphatic heterocycles. The Bertz CT molecular complexity index is 595. The summed E-state index contributed by atoms with van der Waals surface area (Å²) in [5.41, 5.74) is 0. The molecule has 0 aliphatic carbocycles. The quantitative estimate of drug-likeness (QED) is 0.672. The van der Waals surface area contributed by atoms with Crippen LogP contribution in [0.5, 0.6) is 5.75 Å². The molecular weight excluding hydrogens is 254 g/mol. The molecule has 1 atom stereocenters. The monoisotopic (exact) mass is 272 g/mol. The van der Waals surface area contributed by atoms with Crippen LogP contribution in [0.3, 0.4) is 0 Å². The summed E-state index contributed by atoms with van der Waals surface area (Å²) in [5.74, 6) is -0.167. The minimum Gasteiger partial charge on any atom is -0.492 e. The van der Waals surface area contributed by atoms with E-state index in [9.17, 15) is 10.0 Å². The van der Waals surface area contributed by atoms with E-state index in [0.717, 1.165) is 10.8 Å². The highest BCUT2D eigenvalue weighted by atomic mass is 16.5. The summed E-state index contributed by atoms with van der Waals surface area (Å²) in [6.07, 6.45) is 0. The molecule has 2 aromatic rings. The third-order valence-electron chi connectivity index (χ3n) is 2.97. The summed E-state index contributed by atoms with van der Waals surface area (Å²) in [4.78, 5) is 11.4. The van der Waals surface area contributed by atoms with Gasteiger partial charge < -0.3 is 4.74 Å². The van der Waals surface area contributed by atoms with E-state index < -0.39 is 11.8 Å². The zero-order chi connectivity index (χ0) is 14.5. The lowest BCUT2D eigenvalue weighted by Gasteiger charge is -2.17. The van der Waals surface area contributed by atoms with Crippen molar-refractivity contribution in [3.05, 3.63) is 49.4 Å². The lowest BCUT2D eigenvalue weighted by molar-refractivity contribution is -0.169. The van der Waals surface area contributed by atoms with E-state index in [0.29, 0.717) is 10.8 Å². The van der Waals surface area contributed by atoms with Gasteiger partial charge in [-0.3, -0.25) is 10.0 Å². The third-order valence-corrected chi connectivity index (χ3v) is 2.97. The van der Waals surface area contributed by atoms with Crippen LogP contribution in [0, 0.1) is 12.8 Å². The Morgan fingerprint density at radius 2 is 2.00 bits per heavy atom. The second kappa shape index (κ2) is 6.39. The van der Waals surface area contributed by atoms with E-state index in [1.54, 1.807) is 6.92 Å². The fourth-order valence-corrected chi connectivity index (χ4v) is 1.87. The molecule has 0 aliphatic rings. The van der Waals surface area contributed by atoms with Crippen LogP contribution in [-0.2, 0) is 4.79 Å². The highest BCUT2D eigenvalue weighted by Gasteiger charge is 2.14. The van der Waals surface area contributed by atoms with Crippen molar-refractivity contribution in [3.63, 3.8) is 0 Å². The lowest BCUT2D eigenvalue weighted by atomic mass is 10.1. The Balaban J connectivity index is 1.91. The van der Waals surface area contributed by atoms with Crippen LogP contribution < -0.4 is 4.74 Å². The van der Waals surface area contributed by atoms with Gasteiger partial charge in [0.25, 0.3) is 0 Å². The topological polar surface area (TPSA) is 49.8 Å². The number of rotatable bonds is 5. The first-order valence-electron chi connectivity index (χ1n) is 6.53. The van der Waals surface area contributed by atoms with E-state index in [1.165, 1.54) is 0 Å². The summed E-state index contributed by atoms with van der Waals surface area (Å²) in [6.45, 7) is 5.55. The summed E-state index contributed by atoms with van der Waals surface area (Å²) < 4.78 is 5.54. The van der Waals surface area contributed by atoms with Crippen molar-refractivity contribution >= 4 is 16.7 Å². The molecule has 2 aromatic carbocycles. The molecule has 20 heavy (non-hydrogen) atoms. The van der Waals surface area contributed by atoms with E-state index in [2.05, 4.69) is 6.92 Å². The normalized spacial score (nSPS) is 10.8. The van der Waals surface area contributed by atoms with Gasteiger partial charge in [0.15, 0.2) is 0 Å². The average Bonchev–Trinajstić information content (AvgIpc) is 2.46. The van der Waals surface area contributed by atoms with Crippen LogP contribution in [0.15, 0.2) is 42.5 Å². The zero-order valence-corrected chi connectivity index (χ0v) is 11.5. The Morgan fingerprint density at radius 1 is 1.30 bits per heavy atom. The lowest BCUT2D eigenvalue weighted by Crippen LogP contribution is -2.34. The fourth-order valence-electron chi connectivity index (χ4n) is 1.87.